The highest BCUT2D eigenvalue weighted by atomic mass is 16.5. The summed E-state index contributed by atoms with van der Waals surface area (Å²) in [7, 11) is 3.87. The molecule has 100 valence electrons. The molecular formula is C12H21N5O. The number of rotatable bonds is 4. The molecule has 0 radical (unpaired) electrons. The molecule has 1 aromatic rings. The van der Waals surface area contributed by atoms with Gasteiger partial charge in [0.25, 0.3) is 0 Å². The first-order valence-electron chi connectivity index (χ1n) is 6.21. The Balaban J connectivity index is 2.23. The van der Waals surface area contributed by atoms with Crippen molar-refractivity contribution in [2.45, 2.75) is 25.9 Å². The molecule has 0 bridgehead atoms. The first kappa shape index (κ1) is 12.9. The van der Waals surface area contributed by atoms with Gasteiger partial charge in [-0.05, 0) is 19.8 Å². The Kier molecular flexibility index (Phi) is 3.56. The van der Waals surface area contributed by atoms with Gasteiger partial charge >= 0.3 is 0 Å². The minimum absolute atomic E-state index is 0.0646. The number of likely N-dealkylation sites (N-methyl/N-ethyl adjacent to an activating group) is 1. The van der Waals surface area contributed by atoms with E-state index in [2.05, 4.69) is 10.00 Å². The lowest BCUT2D eigenvalue weighted by atomic mass is 10.2. The number of nitrogen functional groups attached to an aromatic ring is 1. The van der Waals surface area contributed by atoms with Crippen LogP contribution in [0.3, 0.4) is 0 Å². The van der Waals surface area contributed by atoms with E-state index in [0.29, 0.717) is 0 Å². The smallest absolute Gasteiger partial charge is 0.137 e. The van der Waals surface area contributed by atoms with Gasteiger partial charge in [0.05, 0.1) is 17.4 Å². The fourth-order valence-electron chi connectivity index (χ4n) is 2.58. The summed E-state index contributed by atoms with van der Waals surface area (Å²) in [6.45, 7) is 3.53. The first-order chi connectivity index (χ1) is 8.50. The van der Waals surface area contributed by atoms with Crippen molar-refractivity contribution in [2.24, 2.45) is 12.8 Å². The zero-order valence-electron chi connectivity index (χ0n) is 11.2. The SMILES string of the molecule is Cc1nn(C)c(N(C)CC2CCCO2)c1C(=N)N. The fourth-order valence-corrected chi connectivity index (χ4v) is 2.58. The van der Waals surface area contributed by atoms with Crippen molar-refractivity contribution in [1.29, 1.82) is 5.41 Å². The van der Waals surface area contributed by atoms with Gasteiger partial charge in [-0.3, -0.25) is 10.1 Å². The number of hydrogen-bond donors (Lipinski definition) is 2. The predicted octanol–water partition coefficient (Wildman–Crippen LogP) is 0.628. The molecule has 0 aliphatic carbocycles. The van der Waals surface area contributed by atoms with Crippen LogP contribution in [0.2, 0.25) is 0 Å². The zero-order valence-corrected chi connectivity index (χ0v) is 11.2. The van der Waals surface area contributed by atoms with Gasteiger partial charge in [-0.25, -0.2) is 0 Å². The maximum absolute atomic E-state index is 7.67. The van der Waals surface area contributed by atoms with Crippen LogP contribution in [0.4, 0.5) is 5.82 Å². The highest BCUT2D eigenvalue weighted by Gasteiger charge is 2.23. The van der Waals surface area contributed by atoms with Gasteiger partial charge in [0.2, 0.25) is 0 Å². The van der Waals surface area contributed by atoms with Gasteiger partial charge in [-0.2, -0.15) is 5.10 Å². The van der Waals surface area contributed by atoms with E-state index in [4.69, 9.17) is 15.9 Å². The maximum Gasteiger partial charge on any atom is 0.137 e. The topological polar surface area (TPSA) is 80.2 Å². The maximum atomic E-state index is 7.67. The number of aryl methyl sites for hydroxylation is 2. The molecule has 1 saturated heterocycles. The van der Waals surface area contributed by atoms with Crippen LogP contribution in [0.15, 0.2) is 0 Å². The molecule has 0 aromatic carbocycles. The molecular weight excluding hydrogens is 230 g/mol. The summed E-state index contributed by atoms with van der Waals surface area (Å²) < 4.78 is 7.41. The highest BCUT2D eigenvalue weighted by Crippen LogP contribution is 2.23. The second-order valence-electron chi connectivity index (χ2n) is 4.84. The third-order valence-corrected chi connectivity index (χ3v) is 3.32. The molecule has 6 nitrogen and oxygen atoms in total. The molecule has 1 atom stereocenters. The quantitative estimate of drug-likeness (QED) is 0.607. The van der Waals surface area contributed by atoms with Crippen LogP contribution in [0, 0.1) is 12.3 Å². The van der Waals surface area contributed by atoms with E-state index < -0.39 is 0 Å². The van der Waals surface area contributed by atoms with E-state index in [0.717, 1.165) is 43.1 Å². The Morgan fingerprint density at radius 1 is 1.67 bits per heavy atom. The molecule has 1 unspecified atom stereocenters. The van der Waals surface area contributed by atoms with Crippen molar-refractivity contribution in [2.75, 3.05) is 25.1 Å². The van der Waals surface area contributed by atoms with E-state index in [-0.39, 0.29) is 11.9 Å². The summed E-state index contributed by atoms with van der Waals surface area (Å²) in [5.41, 5.74) is 7.16. The van der Waals surface area contributed by atoms with Gasteiger partial charge in [-0.15, -0.1) is 0 Å². The van der Waals surface area contributed by atoms with E-state index in [1.54, 1.807) is 4.68 Å². The number of nitrogens with one attached hydrogen (secondary N) is 1. The summed E-state index contributed by atoms with van der Waals surface area (Å²) in [6, 6.07) is 0. The zero-order chi connectivity index (χ0) is 13.3. The average Bonchev–Trinajstić information content (AvgIpc) is 2.85. The van der Waals surface area contributed by atoms with Crippen molar-refractivity contribution in [3.05, 3.63) is 11.3 Å². The van der Waals surface area contributed by atoms with Crippen molar-refractivity contribution in [3.8, 4) is 0 Å². The monoisotopic (exact) mass is 251 g/mol. The Morgan fingerprint density at radius 2 is 2.39 bits per heavy atom. The standard InChI is InChI=1S/C12H21N5O/c1-8-10(11(13)14)12(17(3)15-8)16(2)7-9-5-4-6-18-9/h9H,4-7H2,1-3H3,(H3,13,14). The molecule has 18 heavy (non-hydrogen) atoms. The van der Waals surface area contributed by atoms with Gasteiger partial charge < -0.3 is 15.4 Å². The Bertz CT molecular complexity index is 448. The molecule has 0 spiro atoms. The number of anilines is 1. The molecule has 2 rings (SSSR count). The average molecular weight is 251 g/mol. The van der Waals surface area contributed by atoms with Gasteiger partial charge in [0, 0.05) is 27.2 Å². The summed E-state index contributed by atoms with van der Waals surface area (Å²) >= 11 is 0. The van der Waals surface area contributed by atoms with Crippen LogP contribution in [0.5, 0.6) is 0 Å². The third kappa shape index (κ3) is 2.33. The van der Waals surface area contributed by atoms with E-state index in [9.17, 15) is 0 Å². The van der Waals surface area contributed by atoms with Crippen LogP contribution >= 0.6 is 0 Å². The Labute approximate surface area is 107 Å². The fraction of sp³-hybridized carbons (Fsp3) is 0.667. The normalized spacial score (nSPS) is 19.2. The molecule has 3 N–H and O–H groups in total. The van der Waals surface area contributed by atoms with E-state index in [1.165, 1.54) is 0 Å². The lowest BCUT2D eigenvalue weighted by Crippen LogP contribution is -2.31. The lowest BCUT2D eigenvalue weighted by molar-refractivity contribution is 0.116. The van der Waals surface area contributed by atoms with Crippen molar-refractivity contribution >= 4 is 11.7 Å². The summed E-state index contributed by atoms with van der Waals surface area (Å²) in [5, 5.41) is 12.0. The lowest BCUT2D eigenvalue weighted by Gasteiger charge is -2.23. The van der Waals surface area contributed by atoms with Crippen molar-refractivity contribution < 1.29 is 4.74 Å². The summed E-state index contributed by atoms with van der Waals surface area (Å²) in [6.07, 6.45) is 2.49. The number of amidine groups is 1. The Hall–Kier alpha value is -1.56. The van der Waals surface area contributed by atoms with Crippen LogP contribution < -0.4 is 10.6 Å². The van der Waals surface area contributed by atoms with Crippen LogP contribution in [0.25, 0.3) is 0 Å². The molecule has 1 fully saturated rings. The van der Waals surface area contributed by atoms with Crippen LogP contribution in [-0.4, -0.2) is 41.9 Å². The highest BCUT2D eigenvalue weighted by molar-refractivity contribution is 6.00. The summed E-state index contributed by atoms with van der Waals surface area (Å²) in [5.74, 6) is 0.949. The van der Waals surface area contributed by atoms with Crippen LogP contribution in [-0.2, 0) is 11.8 Å². The van der Waals surface area contributed by atoms with Crippen molar-refractivity contribution in [1.82, 2.24) is 9.78 Å². The minimum atomic E-state index is 0.0646. The third-order valence-electron chi connectivity index (χ3n) is 3.32. The molecule has 1 aliphatic rings. The largest absolute Gasteiger partial charge is 0.384 e. The first-order valence-corrected chi connectivity index (χ1v) is 6.21. The van der Waals surface area contributed by atoms with Crippen LogP contribution in [0.1, 0.15) is 24.1 Å². The van der Waals surface area contributed by atoms with E-state index >= 15 is 0 Å². The van der Waals surface area contributed by atoms with Gasteiger partial charge in [0.15, 0.2) is 0 Å². The van der Waals surface area contributed by atoms with E-state index in [1.807, 2.05) is 21.0 Å². The Morgan fingerprint density at radius 3 is 2.94 bits per heavy atom. The number of aromatic nitrogens is 2. The number of hydrogen-bond acceptors (Lipinski definition) is 4. The molecule has 2 heterocycles. The molecule has 0 amide bonds. The predicted molar refractivity (Wildman–Crippen MR) is 71.2 cm³/mol. The van der Waals surface area contributed by atoms with Crippen molar-refractivity contribution in [3.63, 3.8) is 0 Å². The second-order valence-corrected chi connectivity index (χ2v) is 4.84. The molecule has 0 saturated carbocycles. The number of nitrogens with two attached hydrogens (primary N) is 1. The number of nitrogens with zero attached hydrogens (tertiary/aromatic N) is 3. The number of ether oxygens (including phenoxy) is 1. The second kappa shape index (κ2) is 4.97. The molecule has 1 aliphatic heterocycles. The molecule has 6 heteroatoms. The molecule has 1 aromatic heterocycles. The van der Waals surface area contributed by atoms with Gasteiger partial charge in [0.1, 0.15) is 11.7 Å². The van der Waals surface area contributed by atoms with Gasteiger partial charge in [-0.1, -0.05) is 0 Å². The minimum Gasteiger partial charge on any atom is -0.384 e. The summed E-state index contributed by atoms with van der Waals surface area (Å²) in [4.78, 5) is 2.08.